The molecule has 0 N–H and O–H groups in total. The first-order valence-corrected chi connectivity index (χ1v) is 5.95. The van der Waals surface area contributed by atoms with Crippen LogP contribution in [0.1, 0.15) is 66.7 Å². The van der Waals surface area contributed by atoms with Gasteiger partial charge >= 0.3 is 0 Å². The molecule has 0 aliphatic carbocycles. The Bertz CT molecular complexity index is 170. The second kappa shape index (κ2) is 6.21. The lowest BCUT2D eigenvalue weighted by atomic mass is 9.77. The highest BCUT2D eigenvalue weighted by Gasteiger charge is 2.26. The van der Waals surface area contributed by atoms with Crippen molar-refractivity contribution in [2.45, 2.75) is 66.7 Å². The Kier molecular flexibility index (Phi) is 6.06. The highest BCUT2D eigenvalue weighted by molar-refractivity contribution is 5.81. The van der Waals surface area contributed by atoms with Gasteiger partial charge in [0.05, 0.1) is 0 Å². The van der Waals surface area contributed by atoms with Crippen molar-refractivity contribution in [1.29, 1.82) is 0 Å². The maximum atomic E-state index is 11.4. The zero-order valence-electron chi connectivity index (χ0n) is 10.5. The highest BCUT2D eigenvalue weighted by atomic mass is 16.1. The molecule has 0 bridgehead atoms. The standard InChI is InChI=1S/C13H26O/c1-6-8-9-12(7-2)10-13(4,5)11(3)14/h12H,6-10H2,1-5H3/t12-/m0/s1. The van der Waals surface area contributed by atoms with Crippen LogP contribution in [0.15, 0.2) is 0 Å². The molecule has 0 rings (SSSR count). The Labute approximate surface area is 89.3 Å². The van der Waals surface area contributed by atoms with E-state index in [1.54, 1.807) is 6.92 Å². The molecular formula is C13H26O. The first kappa shape index (κ1) is 13.7. The maximum absolute atomic E-state index is 11.4. The molecule has 0 spiro atoms. The van der Waals surface area contributed by atoms with Gasteiger partial charge in [-0.05, 0) is 19.3 Å². The van der Waals surface area contributed by atoms with Gasteiger partial charge in [0.15, 0.2) is 0 Å². The van der Waals surface area contributed by atoms with Gasteiger partial charge in [-0.3, -0.25) is 4.79 Å². The number of Topliss-reactive ketones (excluding diaryl/α,β-unsaturated/α-hetero) is 1. The van der Waals surface area contributed by atoms with Crippen LogP contribution < -0.4 is 0 Å². The molecule has 0 heterocycles. The van der Waals surface area contributed by atoms with Crippen molar-refractivity contribution in [2.75, 3.05) is 0 Å². The Morgan fingerprint density at radius 2 is 1.86 bits per heavy atom. The quantitative estimate of drug-likeness (QED) is 0.599. The van der Waals surface area contributed by atoms with Crippen LogP contribution in [0, 0.1) is 11.3 Å². The second-order valence-corrected chi connectivity index (χ2v) is 5.06. The van der Waals surface area contributed by atoms with Crippen molar-refractivity contribution in [3.63, 3.8) is 0 Å². The lowest BCUT2D eigenvalue weighted by Gasteiger charge is -2.26. The summed E-state index contributed by atoms with van der Waals surface area (Å²) in [6, 6.07) is 0. The van der Waals surface area contributed by atoms with Gasteiger partial charge in [0.25, 0.3) is 0 Å². The summed E-state index contributed by atoms with van der Waals surface area (Å²) < 4.78 is 0. The summed E-state index contributed by atoms with van der Waals surface area (Å²) in [5.74, 6) is 1.06. The fraction of sp³-hybridized carbons (Fsp3) is 0.923. The van der Waals surface area contributed by atoms with Crippen molar-refractivity contribution >= 4 is 5.78 Å². The number of carbonyl (C=O) groups is 1. The third kappa shape index (κ3) is 4.78. The average molecular weight is 198 g/mol. The van der Waals surface area contributed by atoms with Gasteiger partial charge in [-0.15, -0.1) is 0 Å². The van der Waals surface area contributed by atoms with Crippen molar-refractivity contribution in [2.24, 2.45) is 11.3 Å². The van der Waals surface area contributed by atoms with Gasteiger partial charge in [0, 0.05) is 5.41 Å². The Morgan fingerprint density at radius 1 is 1.29 bits per heavy atom. The smallest absolute Gasteiger partial charge is 0.135 e. The Morgan fingerprint density at radius 3 is 2.21 bits per heavy atom. The largest absolute Gasteiger partial charge is 0.299 e. The molecule has 1 nitrogen and oxygen atoms in total. The molecule has 0 aliphatic rings. The maximum Gasteiger partial charge on any atom is 0.135 e. The van der Waals surface area contributed by atoms with Crippen LogP contribution >= 0.6 is 0 Å². The van der Waals surface area contributed by atoms with E-state index in [-0.39, 0.29) is 5.41 Å². The van der Waals surface area contributed by atoms with E-state index >= 15 is 0 Å². The highest BCUT2D eigenvalue weighted by Crippen LogP contribution is 2.30. The Hall–Kier alpha value is -0.330. The van der Waals surface area contributed by atoms with Crippen LogP contribution in [0.25, 0.3) is 0 Å². The molecule has 0 fully saturated rings. The number of unbranched alkanes of at least 4 members (excludes halogenated alkanes) is 1. The van der Waals surface area contributed by atoms with Crippen molar-refractivity contribution in [3.05, 3.63) is 0 Å². The number of carbonyl (C=O) groups excluding carboxylic acids is 1. The number of hydrogen-bond acceptors (Lipinski definition) is 1. The van der Waals surface area contributed by atoms with Crippen LogP contribution in [-0.2, 0) is 4.79 Å². The second-order valence-electron chi connectivity index (χ2n) is 5.06. The third-order valence-corrected chi connectivity index (χ3v) is 3.30. The summed E-state index contributed by atoms with van der Waals surface area (Å²) in [6.45, 7) is 10.3. The zero-order valence-corrected chi connectivity index (χ0v) is 10.5. The van der Waals surface area contributed by atoms with E-state index in [1.165, 1.54) is 25.7 Å². The molecule has 0 saturated carbocycles. The summed E-state index contributed by atoms with van der Waals surface area (Å²) in [5.41, 5.74) is -0.117. The van der Waals surface area contributed by atoms with Gasteiger partial charge in [0.1, 0.15) is 5.78 Å². The zero-order chi connectivity index (χ0) is 11.2. The molecule has 0 radical (unpaired) electrons. The minimum absolute atomic E-state index is 0.117. The molecule has 84 valence electrons. The number of hydrogen-bond donors (Lipinski definition) is 0. The van der Waals surface area contributed by atoms with Gasteiger partial charge < -0.3 is 0 Å². The van der Waals surface area contributed by atoms with Gasteiger partial charge in [-0.1, -0.05) is 53.4 Å². The summed E-state index contributed by atoms with van der Waals surface area (Å²) in [7, 11) is 0. The normalized spacial score (nSPS) is 14.1. The number of rotatable bonds is 7. The minimum atomic E-state index is -0.117. The van der Waals surface area contributed by atoms with Gasteiger partial charge in [-0.25, -0.2) is 0 Å². The van der Waals surface area contributed by atoms with Crippen LogP contribution in [0.5, 0.6) is 0 Å². The van der Waals surface area contributed by atoms with E-state index < -0.39 is 0 Å². The lowest BCUT2D eigenvalue weighted by molar-refractivity contribution is -0.125. The summed E-state index contributed by atoms with van der Waals surface area (Å²) in [6.07, 6.45) is 6.10. The van der Waals surface area contributed by atoms with Gasteiger partial charge in [0.2, 0.25) is 0 Å². The molecular weight excluding hydrogens is 172 g/mol. The van der Waals surface area contributed by atoms with Crippen LogP contribution in [0.2, 0.25) is 0 Å². The SMILES string of the molecule is CCCC[C@H](CC)CC(C)(C)C(C)=O. The third-order valence-electron chi connectivity index (χ3n) is 3.30. The van der Waals surface area contributed by atoms with Gasteiger partial charge in [-0.2, -0.15) is 0 Å². The molecule has 0 unspecified atom stereocenters. The molecule has 0 aromatic rings. The fourth-order valence-corrected chi connectivity index (χ4v) is 1.81. The topological polar surface area (TPSA) is 17.1 Å². The molecule has 0 aromatic heterocycles. The monoisotopic (exact) mass is 198 g/mol. The van der Waals surface area contributed by atoms with E-state index in [0.29, 0.717) is 5.78 Å². The molecule has 0 amide bonds. The fourth-order valence-electron chi connectivity index (χ4n) is 1.81. The summed E-state index contributed by atoms with van der Waals surface area (Å²) >= 11 is 0. The van der Waals surface area contributed by atoms with E-state index in [9.17, 15) is 4.79 Å². The van der Waals surface area contributed by atoms with Crippen molar-refractivity contribution in [3.8, 4) is 0 Å². The first-order valence-electron chi connectivity index (χ1n) is 5.95. The minimum Gasteiger partial charge on any atom is -0.299 e. The lowest BCUT2D eigenvalue weighted by Crippen LogP contribution is -2.24. The van der Waals surface area contributed by atoms with Crippen LogP contribution in [0.3, 0.4) is 0 Å². The number of ketones is 1. The first-order chi connectivity index (χ1) is 6.44. The average Bonchev–Trinajstić information content (AvgIpc) is 2.11. The van der Waals surface area contributed by atoms with E-state index in [2.05, 4.69) is 27.7 Å². The van der Waals surface area contributed by atoms with E-state index in [4.69, 9.17) is 0 Å². The summed E-state index contributed by atoms with van der Waals surface area (Å²) in [4.78, 5) is 11.4. The molecule has 0 aromatic carbocycles. The molecule has 14 heavy (non-hydrogen) atoms. The molecule has 0 aliphatic heterocycles. The predicted molar refractivity (Wildman–Crippen MR) is 62.4 cm³/mol. The molecule has 1 atom stereocenters. The predicted octanol–water partition coefficient (Wildman–Crippen LogP) is 4.21. The van der Waals surface area contributed by atoms with E-state index in [0.717, 1.165) is 12.3 Å². The van der Waals surface area contributed by atoms with Crippen molar-refractivity contribution < 1.29 is 4.79 Å². The molecule has 1 heteroatoms. The van der Waals surface area contributed by atoms with Crippen LogP contribution in [0.4, 0.5) is 0 Å². The summed E-state index contributed by atoms with van der Waals surface area (Å²) in [5, 5.41) is 0. The Balaban J connectivity index is 4.09. The van der Waals surface area contributed by atoms with E-state index in [1.807, 2.05) is 0 Å². The van der Waals surface area contributed by atoms with Crippen molar-refractivity contribution in [1.82, 2.24) is 0 Å². The van der Waals surface area contributed by atoms with Crippen LogP contribution in [-0.4, -0.2) is 5.78 Å². The molecule has 0 saturated heterocycles.